The Labute approximate surface area is 127 Å². The second-order valence-corrected chi connectivity index (χ2v) is 7.36. The number of benzene rings is 1. The quantitative estimate of drug-likeness (QED) is 0.528. The van der Waals surface area contributed by atoms with E-state index in [0.29, 0.717) is 15.6 Å². The highest BCUT2D eigenvalue weighted by Gasteiger charge is 2.61. The topological polar surface area (TPSA) is 30.4 Å². The highest BCUT2D eigenvalue weighted by molar-refractivity contribution is 6.42. The Morgan fingerprint density at radius 2 is 1.50 bits per heavy atom. The van der Waals surface area contributed by atoms with Gasteiger partial charge in [-0.2, -0.15) is 0 Å². The second kappa shape index (κ2) is 4.42. The third kappa shape index (κ3) is 1.90. The van der Waals surface area contributed by atoms with Gasteiger partial charge in [-0.25, -0.2) is 14.7 Å². The average Bonchev–Trinajstić information content (AvgIpc) is 2.39. The molecule has 4 saturated heterocycles. The summed E-state index contributed by atoms with van der Waals surface area (Å²) in [5.41, 5.74) is 0.509. The van der Waals surface area contributed by atoms with Crippen LogP contribution in [0.25, 0.3) is 0 Å². The van der Waals surface area contributed by atoms with Gasteiger partial charge in [0.1, 0.15) is 19.6 Å². The number of quaternary nitrogens is 3. The molecule has 4 nitrogen and oxygen atoms in total. The van der Waals surface area contributed by atoms with Crippen LogP contribution in [0.15, 0.2) is 18.2 Å². The fourth-order valence-corrected chi connectivity index (χ4v) is 4.73. The Hall–Kier alpha value is -0.650. The molecule has 0 saturated carbocycles. The molecule has 0 radical (unpaired) electrons. The van der Waals surface area contributed by atoms with E-state index < -0.39 is 0 Å². The van der Waals surface area contributed by atoms with Crippen LogP contribution in [0.3, 0.4) is 0 Å². The third-order valence-electron chi connectivity index (χ3n) is 4.93. The normalized spacial score (nSPS) is 38.2. The lowest BCUT2D eigenvalue weighted by atomic mass is 9.75. The monoisotopic (exact) mass is 314 g/mol. The van der Waals surface area contributed by atoms with Gasteiger partial charge in [-0.05, 0) is 18.2 Å². The molecule has 4 aliphatic heterocycles. The van der Waals surface area contributed by atoms with E-state index in [0.717, 1.165) is 19.6 Å². The van der Waals surface area contributed by atoms with Gasteiger partial charge in [-0.1, -0.05) is 23.2 Å². The van der Waals surface area contributed by atoms with E-state index in [9.17, 15) is 4.79 Å². The van der Waals surface area contributed by atoms with Crippen LogP contribution < -0.4 is 14.7 Å². The molecule has 5 rings (SSSR count). The molecule has 1 aromatic carbocycles. The van der Waals surface area contributed by atoms with Crippen molar-refractivity contribution in [3.63, 3.8) is 0 Å². The summed E-state index contributed by atoms with van der Waals surface area (Å²) in [5.74, 6) is 0.252. The number of hydrogen-bond donors (Lipinski definition) is 3. The van der Waals surface area contributed by atoms with Gasteiger partial charge in [0.15, 0.2) is 11.2 Å². The number of rotatable bonds is 2. The molecule has 0 atom stereocenters. The van der Waals surface area contributed by atoms with Crippen molar-refractivity contribution in [1.29, 1.82) is 0 Å². The van der Waals surface area contributed by atoms with Crippen molar-refractivity contribution in [3.05, 3.63) is 33.8 Å². The summed E-state index contributed by atoms with van der Waals surface area (Å²) in [5, 5.41) is 0.974. The number of ketones is 1. The summed E-state index contributed by atoms with van der Waals surface area (Å²) in [6.45, 7) is 6.41. The summed E-state index contributed by atoms with van der Waals surface area (Å²) in [4.78, 5) is 17.7. The first kappa shape index (κ1) is 13.0. The first-order chi connectivity index (χ1) is 9.56. The molecule has 4 aliphatic rings. The number of carbonyl (C=O) groups is 1. The van der Waals surface area contributed by atoms with E-state index in [1.165, 1.54) is 20.0 Å². The van der Waals surface area contributed by atoms with Crippen molar-refractivity contribution in [3.8, 4) is 0 Å². The van der Waals surface area contributed by atoms with Crippen molar-refractivity contribution >= 4 is 29.0 Å². The summed E-state index contributed by atoms with van der Waals surface area (Å²) < 4.78 is 0. The van der Waals surface area contributed by atoms with E-state index in [1.807, 2.05) is 6.07 Å². The zero-order valence-electron chi connectivity index (χ0n) is 11.1. The molecule has 4 fully saturated rings. The lowest BCUT2D eigenvalue weighted by Gasteiger charge is -2.51. The second-order valence-electron chi connectivity index (χ2n) is 6.55. The maximum absolute atomic E-state index is 13.0. The number of nitrogens with one attached hydrogen (secondary N) is 3. The van der Waals surface area contributed by atoms with E-state index in [2.05, 4.69) is 0 Å². The van der Waals surface area contributed by atoms with E-state index in [1.54, 1.807) is 26.8 Å². The molecule has 0 spiro atoms. The largest absolute Gasteiger partial charge is 0.293 e. The van der Waals surface area contributed by atoms with Gasteiger partial charge in [0.2, 0.25) is 20.0 Å². The minimum Gasteiger partial charge on any atom is -0.293 e. The van der Waals surface area contributed by atoms with Crippen LogP contribution >= 0.6 is 23.2 Å². The van der Waals surface area contributed by atoms with Crippen LogP contribution in [0.4, 0.5) is 0 Å². The number of hydrogen-bond acceptors (Lipinski definition) is 1. The molecule has 0 aromatic heterocycles. The average molecular weight is 315 g/mol. The molecule has 3 N–H and O–H groups in total. The van der Waals surface area contributed by atoms with E-state index in [-0.39, 0.29) is 11.2 Å². The van der Waals surface area contributed by atoms with Crippen LogP contribution in [0.5, 0.6) is 0 Å². The van der Waals surface area contributed by atoms with Gasteiger partial charge >= 0.3 is 0 Å². The maximum Gasteiger partial charge on any atom is 0.213 e. The first-order valence-electron chi connectivity index (χ1n) is 7.06. The van der Waals surface area contributed by atoms with Crippen LogP contribution in [-0.2, 0) is 0 Å². The number of halogens is 2. The van der Waals surface area contributed by atoms with Crippen molar-refractivity contribution in [1.82, 2.24) is 0 Å². The molecule has 20 heavy (non-hydrogen) atoms. The van der Waals surface area contributed by atoms with Crippen molar-refractivity contribution in [2.45, 2.75) is 0 Å². The van der Waals surface area contributed by atoms with Gasteiger partial charge < -0.3 is 0 Å². The molecule has 4 bridgehead atoms. The minimum atomic E-state index is -0.202. The highest BCUT2D eigenvalue weighted by Crippen LogP contribution is 2.27. The molecule has 1 aromatic rings. The lowest BCUT2D eigenvalue weighted by Crippen LogP contribution is -3.56. The predicted molar refractivity (Wildman–Crippen MR) is 75.3 cm³/mol. The van der Waals surface area contributed by atoms with Gasteiger partial charge in [-0.15, -0.1) is 0 Å². The summed E-state index contributed by atoms with van der Waals surface area (Å²) in [6.07, 6.45) is 0. The summed E-state index contributed by atoms with van der Waals surface area (Å²) in [6, 6.07) is 5.27. The smallest absolute Gasteiger partial charge is 0.213 e. The van der Waals surface area contributed by atoms with Crippen molar-refractivity contribution in [2.75, 3.05) is 39.6 Å². The SMILES string of the molecule is O=C(c1ccc(Cl)c(Cl)c1)C12C[NH+]3C[NH+](C[NH+](C3)C1)C2. The third-order valence-corrected chi connectivity index (χ3v) is 5.67. The lowest BCUT2D eigenvalue weighted by molar-refractivity contribution is -1.30. The van der Waals surface area contributed by atoms with Crippen LogP contribution in [0.2, 0.25) is 10.0 Å². The Morgan fingerprint density at radius 3 is 2.00 bits per heavy atom. The number of Topliss-reactive ketones (excluding diaryl/α,β-unsaturated/α-hetero) is 1. The van der Waals surface area contributed by atoms with Gasteiger partial charge in [-0.3, -0.25) is 4.79 Å². The van der Waals surface area contributed by atoms with Crippen LogP contribution in [0.1, 0.15) is 10.4 Å². The summed E-state index contributed by atoms with van der Waals surface area (Å²) in [7, 11) is 0. The standard InChI is InChI=1S/C14H15Cl2N3O/c15-11-2-1-10(3-12(11)16)13(20)14-4-17-7-18(5-14)9-19(6-14)8-17/h1-3H,4-9H2/p+3. The fraction of sp³-hybridized carbons (Fsp3) is 0.500. The van der Waals surface area contributed by atoms with Crippen molar-refractivity contribution in [2.24, 2.45) is 5.41 Å². The maximum atomic E-state index is 13.0. The zero-order valence-corrected chi connectivity index (χ0v) is 12.7. The van der Waals surface area contributed by atoms with Gasteiger partial charge in [0.25, 0.3) is 0 Å². The predicted octanol–water partition coefficient (Wildman–Crippen LogP) is -2.27. The Balaban J connectivity index is 1.69. The molecule has 106 valence electrons. The molecule has 4 heterocycles. The molecular weight excluding hydrogens is 297 g/mol. The Kier molecular flexibility index (Phi) is 2.88. The zero-order chi connectivity index (χ0) is 13.9. The molecule has 0 unspecified atom stereocenters. The van der Waals surface area contributed by atoms with Crippen LogP contribution in [0, 0.1) is 5.41 Å². The van der Waals surface area contributed by atoms with Crippen molar-refractivity contribution < 1.29 is 19.5 Å². The first-order valence-corrected chi connectivity index (χ1v) is 7.82. The number of carbonyl (C=O) groups excluding carboxylic acids is 1. The summed E-state index contributed by atoms with van der Waals surface area (Å²) >= 11 is 12.0. The molecule has 6 heteroatoms. The fourth-order valence-electron chi connectivity index (χ4n) is 4.43. The molecule has 0 amide bonds. The Morgan fingerprint density at radius 1 is 0.950 bits per heavy atom. The minimum absolute atomic E-state index is 0.202. The van der Waals surface area contributed by atoms with Gasteiger partial charge in [0, 0.05) is 5.56 Å². The molecule has 0 aliphatic carbocycles. The molecular formula is C14H18Cl2N3O+3. The van der Waals surface area contributed by atoms with Crippen LogP contribution in [-0.4, -0.2) is 45.4 Å². The van der Waals surface area contributed by atoms with Gasteiger partial charge in [0.05, 0.1) is 10.0 Å². The Bertz CT molecular complexity index is 554. The highest BCUT2D eigenvalue weighted by atomic mass is 35.5. The van der Waals surface area contributed by atoms with E-state index in [4.69, 9.17) is 23.2 Å². The van der Waals surface area contributed by atoms with E-state index >= 15 is 0 Å².